The van der Waals surface area contributed by atoms with Gasteiger partial charge in [-0.1, -0.05) is 20.3 Å². The van der Waals surface area contributed by atoms with E-state index in [0.717, 1.165) is 56.4 Å². The zero-order chi connectivity index (χ0) is 15.2. The zero-order valence-corrected chi connectivity index (χ0v) is 14.0. The Labute approximate surface area is 132 Å². The summed E-state index contributed by atoms with van der Waals surface area (Å²) in [5.41, 5.74) is 1.34. The van der Waals surface area contributed by atoms with Crippen LogP contribution in [0.4, 0.5) is 0 Å². The van der Waals surface area contributed by atoms with Crippen molar-refractivity contribution in [3.8, 4) is 0 Å². The molecule has 1 aromatic heterocycles. The Morgan fingerprint density at radius 3 is 2.95 bits per heavy atom. The number of aliphatic hydroxyl groups excluding tert-OH is 1. The number of hydrogen-bond donors (Lipinski definition) is 1. The van der Waals surface area contributed by atoms with Gasteiger partial charge in [-0.05, 0) is 50.2 Å². The summed E-state index contributed by atoms with van der Waals surface area (Å²) in [7, 11) is 0. The third kappa shape index (κ3) is 3.86. The predicted octanol–water partition coefficient (Wildman–Crippen LogP) is 3.64. The Balaban J connectivity index is 2.11. The number of aliphatic hydroxyl groups is 1. The van der Waals surface area contributed by atoms with E-state index in [1.807, 2.05) is 4.90 Å². The monoisotopic (exact) mass is 309 g/mol. The summed E-state index contributed by atoms with van der Waals surface area (Å²) in [6.45, 7) is 5.44. The second-order valence-corrected chi connectivity index (χ2v) is 6.96. The number of amides is 1. The summed E-state index contributed by atoms with van der Waals surface area (Å²) in [6, 6.07) is 2.44. The largest absolute Gasteiger partial charge is 0.396 e. The average Bonchev–Trinajstić information content (AvgIpc) is 3.11. The van der Waals surface area contributed by atoms with Crippen molar-refractivity contribution in [2.75, 3.05) is 13.2 Å². The van der Waals surface area contributed by atoms with E-state index in [1.165, 1.54) is 10.4 Å². The number of carbonyl (C=O) groups excluding carboxylic acids is 1. The van der Waals surface area contributed by atoms with Crippen LogP contribution in [0.25, 0.3) is 0 Å². The number of aryl methyl sites for hydroxylation is 2. The van der Waals surface area contributed by atoms with Gasteiger partial charge in [0.15, 0.2) is 0 Å². The molecule has 1 aliphatic rings. The third-order valence-corrected chi connectivity index (χ3v) is 5.52. The molecule has 2 heterocycles. The van der Waals surface area contributed by atoms with Gasteiger partial charge in [0.2, 0.25) is 0 Å². The Bertz CT molecular complexity index is 469. The summed E-state index contributed by atoms with van der Waals surface area (Å²) in [5.74, 6) is 0.206. The molecular formula is C17H27NO2S. The fourth-order valence-electron chi connectivity index (χ4n) is 3.18. The minimum atomic E-state index is 0.206. The maximum atomic E-state index is 12.8. The van der Waals surface area contributed by atoms with E-state index in [1.54, 1.807) is 11.3 Å². The molecule has 0 saturated carbocycles. The lowest BCUT2D eigenvalue weighted by molar-refractivity contribution is 0.0729. The Hall–Kier alpha value is -0.870. The summed E-state index contributed by atoms with van der Waals surface area (Å²) < 4.78 is 0. The average molecular weight is 309 g/mol. The number of hydrogen-bond acceptors (Lipinski definition) is 3. The first kappa shape index (κ1) is 16.5. The molecule has 1 amide bonds. The molecule has 1 N–H and O–H groups in total. The van der Waals surface area contributed by atoms with Crippen molar-refractivity contribution in [3.05, 3.63) is 21.4 Å². The Morgan fingerprint density at radius 2 is 2.29 bits per heavy atom. The minimum Gasteiger partial charge on any atom is -0.396 e. The molecule has 0 aromatic carbocycles. The van der Waals surface area contributed by atoms with E-state index < -0.39 is 0 Å². The summed E-state index contributed by atoms with van der Waals surface area (Å²) in [4.78, 5) is 17.1. The number of carbonyl (C=O) groups is 1. The molecule has 21 heavy (non-hydrogen) atoms. The lowest BCUT2D eigenvalue weighted by atomic mass is 10.1. The number of thiophene rings is 1. The fourth-order valence-corrected chi connectivity index (χ4v) is 4.49. The highest BCUT2D eigenvalue weighted by atomic mass is 32.1. The van der Waals surface area contributed by atoms with Crippen molar-refractivity contribution in [2.45, 2.75) is 64.8 Å². The van der Waals surface area contributed by atoms with Crippen molar-refractivity contribution >= 4 is 17.2 Å². The molecule has 1 aromatic rings. The fraction of sp³-hybridized carbons (Fsp3) is 0.706. The van der Waals surface area contributed by atoms with E-state index in [-0.39, 0.29) is 12.5 Å². The van der Waals surface area contributed by atoms with Crippen LogP contribution in [0.5, 0.6) is 0 Å². The first-order valence-corrected chi connectivity index (χ1v) is 9.06. The van der Waals surface area contributed by atoms with Gasteiger partial charge in [0, 0.05) is 24.1 Å². The van der Waals surface area contributed by atoms with Gasteiger partial charge in [0.05, 0.1) is 4.88 Å². The molecule has 1 unspecified atom stereocenters. The van der Waals surface area contributed by atoms with Crippen molar-refractivity contribution in [3.63, 3.8) is 0 Å². The maximum absolute atomic E-state index is 12.8. The van der Waals surface area contributed by atoms with Gasteiger partial charge in [0.1, 0.15) is 0 Å². The van der Waals surface area contributed by atoms with Crippen LogP contribution < -0.4 is 0 Å². The standard InChI is InChI=1S/C17H27NO2S/c1-3-7-15-13(4-2)12-16(21-15)17(20)18-10-5-8-14(18)9-6-11-19/h12,14,19H,3-11H2,1-2H3. The molecule has 118 valence electrons. The number of likely N-dealkylation sites (tertiary alicyclic amines) is 1. The van der Waals surface area contributed by atoms with Crippen LogP contribution in [0.1, 0.15) is 66.1 Å². The highest BCUT2D eigenvalue weighted by Crippen LogP contribution is 2.29. The number of nitrogens with zero attached hydrogens (tertiary/aromatic N) is 1. The first-order chi connectivity index (χ1) is 10.2. The molecule has 0 radical (unpaired) electrons. The molecule has 0 spiro atoms. The second kappa shape index (κ2) is 7.95. The molecule has 0 aliphatic carbocycles. The maximum Gasteiger partial charge on any atom is 0.264 e. The number of rotatable bonds is 7. The van der Waals surface area contributed by atoms with Crippen LogP contribution in [0.15, 0.2) is 6.07 Å². The summed E-state index contributed by atoms with van der Waals surface area (Å²) >= 11 is 1.69. The van der Waals surface area contributed by atoms with Crippen molar-refractivity contribution in [1.29, 1.82) is 0 Å². The molecule has 3 nitrogen and oxygen atoms in total. The molecular weight excluding hydrogens is 282 g/mol. The van der Waals surface area contributed by atoms with Crippen LogP contribution in [0.3, 0.4) is 0 Å². The quantitative estimate of drug-likeness (QED) is 0.835. The third-order valence-electron chi connectivity index (χ3n) is 4.30. The molecule has 0 bridgehead atoms. The molecule has 2 rings (SSSR count). The SMILES string of the molecule is CCCc1sc(C(=O)N2CCCC2CCCO)cc1CC. The van der Waals surface area contributed by atoms with E-state index in [4.69, 9.17) is 5.11 Å². The van der Waals surface area contributed by atoms with E-state index >= 15 is 0 Å². The first-order valence-electron chi connectivity index (χ1n) is 8.24. The molecule has 1 aliphatic heterocycles. The summed E-state index contributed by atoms with van der Waals surface area (Å²) in [5, 5.41) is 9.00. The van der Waals surface area contributed by atoms with Gasteiger partial charge in [-0.3, -0.25) is 4.79 Å². The second-order valence-electron chi connectivity index (χ2n) is 5.82. The molecule has 1 saturated heterocycles. The van der Waals surface area contributed by atoms with Gasteiger partial charge < -0.3 is 10.0 Å². The molecule has 1 atom stereocenters. The van der Waals surface area contributed by atoms with Crippen LogP contribution in [-0.4, -0.2) is 35.1 Å². The van der Waals surface area contributed by atoms with Gasteiger partial charge >= 0.3 is 0 Å². The highest BCUT2D eigenvalue weighted by Gasteiger charge is 2.30. The van der Waals surface area contributed by atoms with Crippen molar-refractivity contribution < 1.29 is 9.90 Å². The lowest BCUT2D eigenvalue weighted by Crippen LogP contribution is -2.35. The normalized spacial score (nSPS) is 18.4. The molecule has 4 heteroatoms. The van der Waals surface area contributed by atoms with Gasteiger partial charge in [-0.2, -0.15) is 0 Å². The smallest absolute Gasteiger partial charge is 0.264 e. The van der Waals surface area contributed by atoms with Gasteiger partial charge in [0.25, 0.3) is 5.91 Å². The lowest BCUT2D eigenvalue weighted by Gasteiger charge is -2.24. The Morgan fingerprint density at radius 1 is 1.48 bits per heavy atom. The predicted molar refractivity (Wildman–Crippen MR) is 88.1 cm³/mol. The van der Waals surface area contributed by atoms with Crippen molar-refractivity contribution in [2.24, 2.45) is 0 Å². The van der Waals surface area contributed by atoms with Gasteiger partial charge in [-0.25, -0.2) is 0 Å². The Kier molecular flexibility index (Phi) is 6.24. The van der Waals surface area contributed by atoms with Crippen LogP contribution in [0.2, 0.25) is 0 Å². The summed E-state index contributed by atoms with van der Waals surface area (Å²) in [6.07, 6.45) is 7.11. The molecule has 1 fully saturated rings. The van der Waals surface area contributed by atoms with Crippen LogP contribution in [0, 0.1) is 0 Å². The van der Waals surface area contributed by atoms with E-state index in [2.05, 4.69) is 19.9 Å². The topological polar surface area (TPSA) is 40.5 Å². The van der Waals surface area contributed by atoms with Crippen LogP contribution in [-0.2, 0) is 12.8 Å². The minimum absolute atomic E-state index is 0.206. The van der Waals surface area contributed by atoms with Crippen LogP contribution >= 0.6 is 11.3 Å². The van der Waals surface area contributed by atoms with Gasteiger partial charge in [-0.15, -0.1) is 11.3 Å². The van der Waals surface area contributed by atoms with Crippen molar-refractivity contribution in [1.82, 2.24) is 4.90 Å². The highest BCUT2D eigenvalue weighted by molar-refractivity contribution is 7.14. The zero-order valence-electron chi connectivity index (χ0n) is 13.2. The van der Waals surface area contributed by atoms with E-state index in [9.17, 15) is 4.79 Å². The van der Waals surface area contributed by atoms with E-state index in [0.29, 0.717) is 6.04 Å².